The van der Waals surface area contributed by atoms with Crippen molar-refractivity contribution in [2.45, 2.75) is 0 Å². The third-order valence-electron chi connectivity index (χ3n) is 2.58. The van der Waals surface area contributed by atoms with Gasteiger partial charge in [0.15, 0.2) is 0 Å². The Morgan fingerprint density at radius 3 is 2.17 bits per heavy atom. The van der Waals surface area contributed by atoms with Crippen LogP contribution in [0.2, 0.25) is 0 Å². The SMILES string of the molecule is N#Cc1ccc(/C=C/c2ccccc2C#N)cc1. The molecule has 0 bridgehead atoms. The zero-order valence-electron chi connectivity index (χ0n) is 9.67. The van der Waals surface area contributed by atoms with Crippen molar-refractivity contribution in [1.29, 1.82) is 10.5 Å². The first-order chi connectivity index (χ1) is 8.83. The summed E-state index contributed by atoms with van der Waals surface area (Å²) in [6.07, 6.45) is 3.83. The molecule has 0 fully saturated rings. The van der Waals surface area contributed by atoms with Gasteiger partial charge in [0.1, 0.15) is 0 Å². The predicted octanol–water partition coefficient (Wildman–Crippen LogP) is 3.60. The molecule has 0 aromatic heterocycles. The van der Waals surface area contributed by atoms with Crippen LogP contribution in [0.3, 0.4) is 0 Å². The van der Waals surface area contributed by atoms with E-state index in [4.69, 9.17) is 10.5 Å². The Labute approximate surface area is 106 Å². The molecule has 2 rings (SSSR count). The smallest absolute Gasteiger partial charge is 0.0997 e. The van der Waals surface area contributed by atoms with Crippen LogP contribution in [-0.2, 0) is 0 Å². The molecule has 2 heteroatoms. The van der Waals surface area contributed by atoms with Crippen LogP contribution in [0.25, 0.3) is 12.2 Å². The molecular formula is C16H10N2. The Hall–Kier alpha value is -2.84. The van der Waals surface area contributed by atoms with E-state index < -0.39 is 0 Å². The van der Waals surface area contributed by atoms with E-state index >= 15 is 0 Å². The van der Waals surface area contributed by atoms with Gasteiger partial charge in [-0.15, -0.1) is 0 Å². The van der Waals surface area contributed by atoms with E-state index in [1.807, 2.05) is 42.5 Å². The molecule has 0 atom stereocenters. The normalized spacial score (nSPS) is 9.89. The molecule has 0 saturated heterocycles. The van der Waals surface area contributed by atoms with Gasteiger partial charge in [0.25, 0.3) is 0 Å². The van der Waals surface area contributed by atoms with Crippen molar-refractivity contribution in [1.82, 2.24) is 0 Å². The fourth-order valence-corrected chi connectivity index (χ4v) is 1.60. The van der Waals surface area contributed by atoms with Gasteiger partial charge in [-0.05, 0) is 29.3 Å². The molecule has 18 heavy (non-hydrogen) atoms. The number of nitrogens with zero attached hydrogens (tertiary/aromatic N) is 2. The molecule has 0 aliphatic heterocycles. The van der Waals surface area contributed by atoms with Crippen LogP contribution in [-0.4, -0.2) is 0 Å². The van der Waals surface area contributed by atoms with Gasteiger partial charge in [-0.3, -0.25) is 0 Å². The molecule has 0 aliphatic rings. The van der Waals surface area contributed by atoms with Crippen molar-refractivity contribution in [3.8, 4) is 12.1 Å². The molecular weight excluding hydrogens is 220 g/mol. The lowest BCUT2D eigenvalue weighted by molar-refractivity contribution is 1.47. The minimum Gasteiger partial charge on any atom is -0.192 e. The van der Waals surface area contributed by atoms with Crippen molar-refractivity contribution in [3.05, 3.63) is 70.8 Å². The number of hydrogen-bond donors (Lipinski definition) is 0. The summed E-state index contributed by atoms with van der Waals surface area (Å²) in [4.78, 5) is 0. The van der Waals surface area contributed by atoms with Gasteiger partial charge in [-0.25, -0.2) is 0 Å². The van der Waals surface area contributed by atoms with Crippen molar-refractivity contribution in [2.24, 2.45) is 0 Å². The molecule has 84 valence electrons. The summed E-state index contributed by atoms with van der Waals surface area (Å²) in [5.74, 6) is 0. The summed E-state index contributed by atoms with van der Waals surface area (Å²) < 4.78 is 0. The highest BCUT2D eigenvalue weighted by Crippen LogP contribution is 2.12. The Morgan fingerprint density at radius 1 is 0.778 bits per heavy atom. The summed E-state index contributed by atoms with van der Waals surface area (Å²) in [5.41, 5.74) is 3.19. The molecule has 0 amide bonds. The van der Waals surface area contributed by atoms with Crippen LogP contribution < -0.4 is 0 Å². The monoisotopic (exact) mass is 230 g/mol. The van der Waals surface area contributed by atoms with Crippen molar-refractivity contribution < 1.29 is 0 Å². The molecule has 0 spiro atoms. The molecule has 0 N–H and O–H groups in total. The van der Waals surface area contributed by atoms with Crippen molar-refractivity contribution in [3.63, 3.8) is 0 Å². The highest BCUT2D eigenvalue weighted by atomic mass is 14.2. The fourth-order valence-electron chi connectivity index (χ4n) is 1.60. The number of nitriles is 2. The summed E-state index contributed by atoms with van der Waals surface area (Å²) in [6.45, 7) is 0. The number of benzene rings is 2. The predicted molar refractivity (Wildman–Crippen MR) is 71.2 cm³/mol. The van der Waals surface area contributed by atoms with E-state index in [-0.39, 0.29) is 0 Å². The first-order valence-corrected chi connectivity index (χ1v) is 5.51. The van der Waals surface area contributed by atoms with Crippen LogP contribution in [0.1, 0.15) is 22.3 Å². The van der Waals surface area contributed by atoms with Gasteiger partial charge in [0.05, 0.1) is 23.3 Å². The van der Waals surface area contributed by atoms with Gasteiger partial charge in [0.2, 0.25) is 0 Å². The molecule has 2 nitrogen and oxygen atoms in total. The zero-order valence-corrected chi connectivity index (χ0v) is 9.67. The van der Waals surface area contributed by atoms with E-state index in [1.165, 1.54) is 0 Å². The minimum absolute atomic E-state index is 0.643. The topological polar surface area (TPSA) is 47.6 Å². The Balaban J connectivity index is 2.25. The highest BCUT2D eigenvalue weighted by molar-refractivity contribution is 5.72. The lowest BCUT2D eigenvalue weighted by Gasteiger charge is -1.97. The molecule has 0 unspecified atom stereocenters. The second-order valence-corrected chi connectivity index (χ2v) is 3.77. The van der Waals surface area contributed by atoms with Crippen LogP contribution in [0.4, 0.5) is 0 Å². The van der Waals surface area contributed by atoms with Gasteiger partial charge in [-0.1, -0.05) is 42.5 Å². The van der Waals surface area contributed by atoms with E-state index in [1.54, 1.807) is 18.2 Å². The zero-order chi connectivity index (χ0) is 12.8. The summed E-state index contributed by atoms with van der Waals surface area (Å²) in [5, 5.41) is 17.7. The molecule has 0 radical (unpaired) electrons. The minimum atomic E-state index is 0.643. The summed E-state index contributed by atoms with van der Waals surface area (Å²) in [7, 11) is 0. The lowest BCUT2D eigenvalue weighted by atomic mass is 10.1. The fraction of sp³-hybridized carbons (Fsp3) is 0. The number of rotatable bonds is 2. The Morgan fingerprint density at radius 2 is 1.50 bits per heavy atom. The van der Waals surface area contributed by atoms with E-state index in [0.717, 1.165) is 11.1 Å². The van der Waals surface area contributed by atoms with E-state index in [9.17, 15) is 0 Å². The largest absolute Gasteiger partial charge is 0.192 e. The van der Waals surface area contributed by atoms with Gasteiger partial charge < -0.3 is 0 Å². The first kappa shape index (κ1) is 11.6. The van der Waals surface area contributed by atoms with Crippen molar-refractivity contribution >= 4 is 12.2 Å². The average Bonchev–Trinajstić information content (AvgIpc) is 2.46. The maximum absolute atomic E-state index is 8.96. The Bertz CT molecular complexity index is 653. The van der Waals surface area contributed by atoms with Gasteiger partial charge >= 0.3 is 0 Å². The van der Waals surface area contributed by atoms with Crippen LogP contribution >= 0.6 is 0 Å². The van der Waals surface area contributed by atoms with E-state index in [0.29, 0.717) is 11.1 Å². The van der Waals surface area contributed by atoms with Crippen LogP contribution in [0, 0.1) is 22.7 Å². The molecule has 2 aromatic carbocycles. The molecule has 0 heterocycles. The second kappa shape index (κ2) is 5.48. The Kier molecular flexibility index (Phi) is 3.54. The number of hydrogen-bond acceptors (Lipinski definition) is 2. The van der Waals surface area contributed by atoms with Crippen LogP contribution in [0.5, 0.6) is 0 Å². The third-order valence-corrected chi connectivity index (χ3v) is 2.58. The quantitative estimate of drug-likeness (QED) is 0.740. The highest BCUT2D eigenvalue weighted by Gasteiger charge is 1.96. The maximum atomic E-state index is 8.96. The first-order valence-electron chi connectivity index (χ1n) is 5.51. The maximum Gasteiger partial charge on any atom is 0.0997 e. The van der Waals surface area contributed by atoms with Gasteiger partial charge in [-0.2, -0.15) is 10.5 Å². The van der Waals surface area contributed by atoms with Crippen LogP contribution in [0.15, 0.2) is 48.5 Å². The third kappa shape index (κ3) is 2.64. The molecule has 0 aliphatic carbocycles. The standard InChI is InChI=1S/C16H10N2/c17-11-14-7-5-13(6-8-14)9-10-15-3-1-2-4-16(15)12-18/h1-10H/b10-9+. The lowest BCUT2D eigenvalue weighted by Crippen LogP contribution is -1.80. The van der Waals surface area contributed by atoms with E-state index in [2.05, 4.69) is 12.1 Å². The second-order valence-electron chi connectivity index (χ2n) is 3.77. The summed E-state index contributed by atoms with van der Waals surface area (Å²) in [6, 6.07) is 19.0. The molecule has 0 saturated carbocycles. The molecule has 2 aromatic rings. The average molecular weight is 230 g/mol. The van der Waals surface area contributed by atoms with Crippen molar-refractivity contribution in [2.75, 3.05) is 0 Å². The summed E-state index contributed by atoms with van der Waals surface area (Å²) >= 11 is 0. The van der Waals surface area contributed by atoms with Gasteiger partial charge in [0, 0.05) is 0 Å².